The molecule has 0 atom stereocenters. The topological polar surface area (TPSA) is 4.93 Å². The zero-order valence-corrected chi connectivity index (χ0v) is 10.8. The Morgan fingerprint density at radius 1 is 0.765 bits per heavy atom. The van der Waals surface area contributed by atoms with Crippen LogP contribution in [0, 0.1) is 20.8 Å². The largest absolute Gasteiger partial charge is 0.344 e. The van der Waals surface area contributed by atoms with Gasteiger partial charge in [-0.2, -0.15) is 0 Å². The van der Waals surface area contributed by atoms with Crippen LogP contribution in [0.15, 0.2) is 30.3 Å². The Labute approximate surface area is 102 Å². The third kappa shape index (κ3) is 1.39. The first kappa shape index (κ1) is 10.4. The number of hydrogen-bond acceptors (Lipinski definition) is 0. The Balaban J connectivity index is 2.59. The Kier molecular flexibility index (Phi) is 2.06. The number of aromatic nitrogens is 1. The first-order valence-electron chi connectivity index (χ1n) is 6.04. The van der Waals surface area contributed by atoms with Crippen LogP contribution in [0.4, 0.5) is 0 Å². The van der Waals surface area contributed by atoms with Gasteiger partial charge in [0.2, 0.25) is 0 Å². The molecule has 1 nitrogen and oxygen atoms in total. The van der Waals surface area contributed by atoms with Gasteiger partial charge in [0.05, 0.1) is 0 Å². The van der Waals surface area contributed by atoms with E-state index in [1.165, 1.54) is 38.5 Å². The molecule has 0 amide bonds. The fourth-order valence-corrected chi connectivity index (χ4v) is 2.58. The molecule has 0 fully saturated rings. The highest BCUT2D eigenvalue weighted by atomic mass is 14.9. The molecule has 3 rings (SSSR count). The van der Waals surface area contributed by atoms with E-state index < -0.39 is 0 Å². The molecular weight excluding hydrogens is 206 g/mol. The van der Waals surface area contributed by atoms with E-state index in [1.54, 1.807) is 0 Å². The minimum atomic E-state index is 1.32. The second-order valence-corrected chi connectivity index (χ2v) is 5.03. The third-order valence-electron chi connectivity index (χ3n) is 3.78. The monoisotopic (exact) mass is 223 g/mol. The molecule has 0 saturated heterocycles. The zero-order chi connectivity index (χ0) is 12.2. The molecule has 3 aromatic rings. The van der Waals surface area contributed by atoms with E-state index in [9.17, 15) is 0 Å². The van der Waals surface area contributed by atoms with E-state index in [-0.39, 0.29) is 0 Å². The Morgan fingerprint density at radius 2 is 1.41 bits per heavy atom. The SMILES string of the molecule is Cc1ccc2c(c1)c1cc(C)c(C)cc1n2C. The summed E-state index contributed by atoms with van der Waals surface area (Å²) in [6.07, 6.45) is 0. The quantitative estimate of drug-likeness (QED) is 0.536. The lowest BCUT2D eigenvalue weighted by molar-refractivity contribution is 1.01. The van der Waals surface area contributed by atoms with Crippen LogP contribution in [0.5, 0.6) is 0 Å². The maximum absolute atomic E-state index is 2.31. The summed E-state index contributed by atoms with van der Waals surface area (Å²) in [5.41, 5.74) is 6.69. The molecule has 0 radical (unpaired) electrons. The lowest BCUT2D eigenvalue weighted by Gasteiger charge is -2.02. The van der Waals surface area contributed by atoms with Crippen molar-refractivity contribution in [2.75, 3.05) is 0 Å². The molecule has 1 aromatic heterocycles. The Morgan fingerprint density at radius 3 is 2.18 bits per heavy atom. The van der Waals surface area contributed by atoms with Crippen molar-refractivity contribution in [3.63, 3.8) is 0 Å². The Bertz CT molecular complexity index is 732. The molecule has 0 bridgehead atoms. The van der Waals surface area contributed by atoms with Gasteiger partial charge in [-0.1, -0.05) is 11.6 Å². The molecule has 0 aliphatic heterocycles. The van der Waals surface area contributed by atoms with Gasteiger partial charge in [-0.15, -0.1) is 0 Å². The van der Waals surface area contributed by atoms with Crippen molar-refractivity contribution in [1.82, 2.24) is 4.57 Å². The van der Waals surface area contributed by atoms with Gasteiger partial charge in [-0.05, 0) is 56.2 Å². The second-order valence-electron chi connectivity index (χ2n) is 5.03. The highest BCUT2D eigenvalue weighted by Gasteiger charge is 2.09. The van der Waals surface area contributed by atoms with Gasteiger partial charge in [0.1, 0.15) is 0 Å². The number of hydrogen-bond donors (Lipinski definition) is 0. The van der Waals surface area contributed by atoms with Crippen molar-refractivity contribution in [2.24, 2.45) is 7.05 Å². The summed E-state index contributed by atoms with van der Waals surface area (Å²) in [4.78, 5) is 0. The van der Waals surface area contributed by atoms with Gasteiger partial charge in [-0.3, -0.25) is 0 Å². The van der Waals surface area contributed by atoms with E-state index >= 15 is 0 Å². The molecular formula is C16H17N. The minimum Gasteiger partial charge on any atom is -0.344 e. The summed E-state index contributed by atoms with van der Waals surface area (Å²) in [5.74, 6) is 0. The van der Waals surface area contributed by atoms with Crippen LogP contribution >= 0.6 is 0 Å². The van der Waals surface area contributed by atoms with Gasteiger partial charge in [0.15, 0.2) is 0 Å². The van der Waals surface area contributed by atoms with Crippen molar-refractivity contribution >= 4 is 21.8 Å². The lowest BCUT2D eigenvalue weighted by Crippen LogP contribution is -1.88. The first-order chi connectivity index (χ1) is 8.08. The molecule has 0 N–H and O–H groups in total. The second kappa shape index (κ2) is 3.36. The Hall–Kier alpha value is -1.76. The molecule has 0 spiro atoms. The van der Waals surface area contributed by atoms with Crippen LogP contribution in [-0.4, -0.2) is 4.57 Å². The molecule has 1 heteroatoms. The summed E-state index contributed by atoms with van der Waals surface area (Å²) in [5, 5.41) is 2.74. The number of fused-ring (bicyclic) bond motifs is 3. The van der Waals surface area contributed by atoms with Crippen LogP contribution in [0.2, 0.25) is 0 Å². The summed E-state index contributed by atoms with van der Waals surface area (Å²) >= 11 is 0. The average Bonchev–Trinajstić information content (AvgIpc) is 2.54. The van der Waals surface area contributed by atoms with Crippen LogP contribution in [0.3, 0.4) is 0 Å². The number of benzene rings is 2. The van der Waals surface area contributed by atoms with E-state index in [0.717, 1.165) is 0 Å². The molecule has 0 aliphatic carbocycles. The number of aryl methyl sites for hydroxylation is 4. The molecule has 1 heterocycles. The van der Waals surface area contributed by atoms with Crippen molar-refractivity contribution in [1.29, 1.82) is 0 Å². The molecule has 0 unspecified atom stereocenters. The van der Waals surface area contributed by atoms with E-state index in [2.05, 4.69) is 62.7 Å². The predicted octanol–water partition coefficient (Wildman–Crippen LogP) is 4.26. The standard InChI is InChI=1S/C16H17N/c1-10-5-6-15-13(7-10)14-8-11(2)12(3)9-16(14)17(15)4/h5-9H,1-4H3. The highest BCUT2D eigenvalue weighted by Crippen LogP contribution is 2.30. The van der Waals surface area contributed by atoms with E-state index in [0.29, 0.717) is 0 Å². The summed E-state index contributed by atoms with van der Waals surface area (Å²) in [7, 11) is 2.15. The summed E-state index contributed by atoms with van der Waals surface area (Å²) < 4.78 is 2.29. The normalized spacial score (nSPS) is 11.5. The average molecular weight is 223 g/mol. The summed E-state index contributed by atoms with van der Waals surface area (Å²) in [6.45, 7) is 6.51. The van der Waals surface area contributed by atoms with Gasteiger partial charge in [0, 0.05) is 28.9 Å². The van der Waals surface area contributed by atoms with E-state index in [4.69, 9.17) is 0 Å². The molecule has 0 aliphatic rings. The lowest BCUT2D eigenvalue weighted by atomic mass is 10.0. The number of rotatable bonds is 0. The van der Waals surface area contributed by atoms with E-state index in [1.807, 2.05) is 0 Å². The summed E-state index contributed by atoms with van der Waals surface area (Å²) in [6, 6.07) is 11.3. The molecule has 17 heavy (non-hydrogen) atoms. The van der Waals surface area contributed by atoms with Crippen molar-refractivity contribution in [3.05, 3.63) is 47.0 Å². The maximum Gasteiger partial charge on any atom is 0.0491 e. The first-order valence-corrected chi connectivity index (χ1v) is 6.04. The van der Waals surface area contributed by atoms with Crippen LogP contribution in [0.25, 0.3) is 21.8 Å². The fourth-order valence-electron chi connectivity index (χ4n) is 2.58. The minimum absolute atomic E-state index is 1.32. The van der Waals surface area contributed by atoms with Crippen molar-refractivity contribution in [3.8, 4) is 0 Å². The third-order valence-corrected chi connectivity index (χ3v) is 3.78. The van der Waals surface area contributed by atoms with Crippen molar-refractivity contribution < 1.29 is 0 Å². The zero-order valence-electron chi connectivity index (χ0n) is 10.8. The fraction of sp³-hybridized carbons (Fsp3) is 0.250. The van der Waals surface area contributed by atoms with Gasteiger partial charge in [0.25, 0.3) is 0 Å². The molecule has 86 valence electrons. The van der Waals surface area contributed by atoms with Gasteiger partial charge in [-0.25, -0.2) is 0 Å². The molecule has 2 aromatic carbocycles. The van der Waals surface area contributed by atoms with Crippen LogP contribution < -0.4 is 0 Å². The predicted molar refractivity (Wildman–Crippen MR) is 74.6 cm³/mol. The number of nitrogens with zero attached hydrogens (tertiary/aromatic N) is 1. The van der Waals surface area contributed by atoms with Crippen molar-refractivity contribution in [2.45, 2.75) is 20.8 Å². The van der Waals surface area contributed by atoms with Crippen LogP contribution in [-0.2, 0) is 7.05 Å². The van der Waals surface area contributed by atoms with Gasteiger partial charge < -0.3 is 4.57 Å². The molecule has 0 saturated carbocycles. The van der Waals surface area contributed by atoms with Crippen LogP contribution in [0.1, 0.15) is 16.7 Å². The maximum atomic E-state index is 2.31. The highest BCUT2D eigenvalue weighted by molar-refractivity contribution is 6.08. The smallest absolute Gasteiger partial charge is 0.0491 e. The van der Waals surface area contributed by atoms with Gasteiger partial charge >= 0.3 is 0 Å².